The van der Waals surface area contributed by atoms with Crippen LogP contribution >= 0.6 is 0 Å². The minimum absolute atomic E-state index is 0.117. The lowest BCUT2D eigenvalue weighted by molar-refractivity contribution is -0.118. The second-order valence-corrected chi connectivity index (χ2v) is 8.11. The second kappa shape index (κ2) is 9.77. The van der Waals surface area contributed by atoms with Crippen molar-refractivity contribution < 1.29 is 19.0 Å². The molecular weight excluding hydrogens is 420 g/mol. The molecule has 3 aromatic rings. The van der Waals surface area contributed by atoms with Gasteiger partial charge in [-0.15, -0.1) is 10.2 Å². The van der Waals surface area contributed by atoms with Crippen molar-refractivity contribution in [2.24, 2.45) is 0 Å². The molecule has 3 heterocycles. The minimum Gasteiger partial charge on any atom is -0.484 e. The zero-order valence-electron chi connectivity index (χ0n) is 18.3. The number of amides is 1. The van der Waals surface area contributed by atoms with Crippen LogP contribution < -0.4 is 24.4 Å². The molecule has 5 rings (SSSR count). The number of benzene rings is 2. The summed E-state index contributed by atoms with van der Waals surface area (Å²) in [6, 6.07) is 16.8. The van der Waals surface area contributed by atoms with Gasteiger partial charge in [-0.1, -0.05) is 25.0 Å². The predicted molar refractivity (Wildman–Crippen MR) is 125 cm³/mol. The third-order valence-electron chi connectivity index (χ3n) is 5.74. The van der Waals surface area contributed by atoms with Gasteiger partial charge in [-0.05, 0) is 49.2 Å². The standard InChI is InChI=1S/C25H26N4O4/c30-25(16-31-20-8-10-22-23(15-20)33-17-32-22)26-19-7-5-6-18(14-19)21-9-11-24(28-27-21)29-12-3-1-2-4-13-29/h5-11,14-15H,1-4,12-13,16-17H2,(H,26,30). The molecule has 0 aliphatic carbocycles. The predicted octanol–water partition coefficient (Wildman–Crippen LogP) is 4.27. The minimum atomic E-state index is -0.257. The van der Waals surface area contributed by atoms with E-state index in [-0.39, 0.29) is 19.3 Å². The van der Waals surface area contributed by atoms with Crippen LogP contribution in [0.5, 0.6) is 17.2 Å². The smallest absolute Gasteiger partial charge is 0.262 e. The van der Waals surface area contributed by atoms with Gasteiger partial charge in [-0.2, -0.15) is 0 Å². The van der Waals surface area contributed by atoms with Crippen LogP contribution in [0.3, 0.4) is 0 Å². The van der Waals surface area contributed by atoms with Gasteiger partial charge in [0.15, 0.2) is 23.9 Å². The van der Waals surface area contributed by atoms with Crippen LogP contribution in [0.4, 0.5) is 11.5 Å². The monoisotopic (exact) mass is 446 g/mol. The molecule has 0 spiro atoms. The Morgan fingerprint density at radius 3 is 2.61 bits per heavy atom. The van der Waals surface area contributed by atoms with Crippen molar-refractivity contribution in [2.75, 3.05) is 36.7 Å². The zero-order valence-corrected chi connectivity index (χ0v) is 18.3. The molecule has 0 unspecified atom stereocenters. The molecule has 1 amide bonds. The number of carbonyl (C=O) groups excluding carboxylic acids is 1. The van der Waals surface area contributed by atoms with Gasteiger partial charge < -0.3 is 24.4 Å². The number of hydrogen-bond donors (Lipinski definition) is 1. The maximum Gasteiger partial charge on any atom is 0.262 e. The summed E-state index contributed by atoms with van der Waals surface area (Å²) >= 11 is 0. The summed E-state index contributed by atoms with van der Waals surface area (Å²) in [5.41, 5.74) is 2.32. The first-order valence-corrected chi connectivity index (χ1v) is 11.3. The molecule has 0 bridgehead atoms. The van der Waals surface area contributed by atoms with E-state index in [1.165, 1.54) is 25.7 Å². The molecule has 8 heteroatoms. The van der Waals surface area contributed by atoms with E-state index >= 15 is 0 Å². The lowest BCUT2D eigenvalue weighted by Gasteiger charge is -2.20. The molecule has 1 saturated heterocycles. The zero-order chi connectivity index (χ0) is 22.5. The molecule has 0 atom stereocenters. The van der Waals surface area contributed by atoms with E-state index < -0.39 is 0 Å². The summed E-state index contributed by atoms with van der Waals surface area (Å²) in [5, 5.41) is 11.7. The van der Waals surface area contributed by atoms with Gasteiger partial charge in [0.25, 0.3) is 5.91 Å². The van der Waals surface area contributed by atoms with E-state index in [2.05, 4.69) is 20.4 Å². The molecule has 1 N–H and O–H groups in total. The number of nitrogens with one attached hydrogen (secondary N) is 1. The largest absolute Gasteiger partial charge is 0.484 e. The first-order valence-electron chi connectivity index (χ1n) is 11.3. The molecule has 2 aromatic carbocycles. The number of aromatic nitrogens is 2. The van der Waals surface area contributed by atoms with Crippen LogP contribution in [0.1, 0.15) is 25.7 Å². The van der Waals surface area contributed by atoms with Crippen molar-refractivity contribution in [1.29, 1.82) is 0 Å². The van der Waals surface area contributed by atoms with Crippen molar-refractivity contribution in [2.45, 2.75) is 25.7 Å². The Kier molecular flexibility index (Phi) is 6.23. The molecule has 1 fully saturated rings. The molecule has 8 nitrogen and oxygen atoms in total. The van der Waals surface area contributed by atoms with Crippen molar-refractivity contribution in [1.82, 2.24) is 10.2 Å². The molecule has 170 valence electrons. The van der Waals surface area contributed by atoms with Crippen molar-refractivity contribution in [3.63, 3.8) is 0 Å². The highest BCUT2D eigenvalue weighted by Crippen LogP contribution is 2.35. The molecule has 1 aromatic heterocycles. The number of fused-ring (bicyclic) bond motifs is 1. The van der Waals surface area contributed by atoms with E-state index in [1.807, 2.05) is 36.4 Å². The fraction of sp³-hybridized carbons (Fsp3) is 0.320. The lowest BCUT2D eigenvalue weighted by Crippen LogP contribution is -2.25. The first kappa shape index (κ1) is 21.1. The highest BCUT2D eigenvalue weighted by Gasteiger charge is 2.15. The maximum absolute atomic E-state index is 12.4. The topological polar surface area (TPSA) is 85.8 Å². The molecular formula is C25H26N4O4. The molecule has 0 radical (unpaired) electrons. The van der Waals surface area contributed by atoms with Crippen LogP contribution in [0.15, 0.2) is 54.6 Å². The number of hydrogen-bond acceptors (Lipinski definition) is 7. The Labute approximate surface area is 192 Å². The van der Waals surface area contributed by atoms with Gasteiger partial charge >= 0.3 is 0 Å². The molecule has 2 aliphatic rings. The Hall–Kier alpha value is -3.81. The highest BCUT2D eigenvalue weighted by molar-refractivity contribution is 5.92. The SMILES string of the molecule is O=C(COc1ccc2c(c1)OCO2)Nc1cccc(-c2ccc(N3CCCCCC3)nn2)c1. The second-order valence-electron chi connectivity index (χ2n) is 8.11. The Morgan fingerprint density at radius 1 is 0.939 bits per heavy atom. The van der Waals surface area contributed by atoms with Gasteiger partial charge in [-0.3, -0.25) is 4.79 Å². The van der Waals surface area contributed by atoms with Gasteiger partial charge in [0, 0.05) is 30.4 Å². The van der Waals surface area contributed by atoms with Crippen LogP contribution in [0.2, 0.25) is 0 Å². The third-order valence-corrected chi connectivity index (χ3v) is 5.74. The number of ether oxygens (including phenoxy) is 3. The molecule has 33 heavy (non-hydrogen) atoms. The van der Waals surface area contributed by atoms with Crippen LogP contribution in [0.25, 0.3) is 11.3 Å². The summed E-state index contributed by atoms with van der Waals surface area (Å²) in [7, 11) is 0. The summed E-state index contributed by atoms with van der Waals surface area (Å²) in [6.45, 7) is 2.14. The summed E-state index contributed by atoms with van der Waals surface area (Å²) in [4.78, 5) is 14.7. The van der Waals surface area contributed by atoms with Crippen LogP contribution in [-0.2, 0) is 4.79 Å². The normalized spacial score (nSPS) is 15.1. The third kappa shape index (κ3) is 5.16. The van der Waals surface area contributed by atoms with Gasteiger partial charge in [0.1, 0.15) is 5.75 Å². The number of anilines is 2. The highest BCUT2D eigenvalue weighted by atomic mass is 16.7. The van der Waals surface area contributed by atoms with E-state index in [0.29, 0.717) is 22.9 Å². The Morgan fingerprint density at radius 2 is 1.79 bits per heavy atom. The van der Waals surface area contributed by atoms with Crippen molar-refractivity contribution in [3.05, 3.63) is 54.6 Å². The van der Waals surface area contributed by atoms with E-state index in [4.69, 9.17) is 14.2 Å². The van der Waals surface area contributed by atoms with E-state index in [1.54, 1.807) is 18.2 Å². The van der Waals surface area contributed by atoms with Crippen LogP contribution in [-0.4, -0.2) is 42.6 Å². The average Bonchev–Trinajstić information content (AvgIpc) is 3.15. The fourth-order valence-corrected chi connectivity index (χ4v) is 4.02. The molecule has 2 aliphatic heterocycles. The van der Waals surface area contributed by atoms with Crippen LogP contribution in [0, 0.1) is 0 Å². The number of nitrogens with zero attached hydrogens (tertiary/aromatic N) is 3. The number of rotatable bonds is 6. The lowest BCUT2D eigenvalue weighted by atomic mass is 10.1. The Bertz CT molecular complexity index is 1110. The van der Waals surface area contributed by atoms with E-state index in [9.17, 15) is 4.79 Å². The quantitative estimate of drug-likeness (QED) is 0.605. The maximum atomic E-state index is 12.4. The fourth-order valence-electron chi connectivity index (χ4n) is 4.02. The van der Waals surface area contributed by atoms with Gasteiger partial charge in [0.05, 0.1) is 5.69 Å². The van der Waals surface area contributed by atoms with E-state index in [0.717, 1.165) is 30.2 Å². The summed E-state index contributed by atoms with van der Waals surface area (Å²) < 4.78 is 16.2. The van der Waals surface area contributed by atoms with Gasteiger partial charge in [0.2, 0.25) is 6.79 Å². The average molecular weight is 447 g/mol. The van der Waals surface area contributed by atoms with Crippen molar-refractivity contribution >= 4 is 17.4 Å². The summed E-state index contributed by atoms with van der Waals surface area (Å²) in [6.07, 6.45) is 4.96. The number of carbonyl (C=O) groups is 1. The Balaban J connectivity index is 1.19. The first-order chi connectivity index (χ1) is 16.2. The van der Waals surface area contributed by atoms with Crippen molar-refractivity contribution in [3.8, 4) is 28.5 Å². The van der Waals surface area contributed by atoms with Gasteiger partial charge in [-0.25, -0.2) is 0 Å². The molecule has 0 saturated carbocycles. The summed E-state index contributed by atoms with van der Waals surface area (Å²) in [5.74, 6) is 2.50.